The Bertz CT molecular complexity index is 550. The fraction of sp³-hybridized carbons (Fsp3) is 0.667. The van der Waals surface area contributed by atoms with Gasteiger partial charge in [-0.25, -0.2) is 4.79 Å². The number of amides is 3. The first-order valence-electron chi connectivity index (χ1n) is 8.04. The van der Waals surface area contributed by atoms with E-state index in [-0.39, 0.29) is 19.3 Å². The third-order valence-electron chi connectivity index (χ3n) is 3.55. The molecule has 0 bridgehead atoms. The second-order valence-corrected chi connectivity index (χ2v) is 6.17. The topological polar surface area (TPSA) is 202 Å². The quantitative estimate of drug-likeness (QED) is 0.228. The average Bonchev–Trinajstić information content (AvgIpc) is 2.52. The number of carbonyl (C=O) groups excluding carboxylic acids is 3. The molecule has 0 saturated carbocycles. The summed E-state index contributed by atoms with van der Waals surface area (Å²) >= 11 is 0. The number of nitrogens with two attached hydrogens (primary N) is 2. The molecule has 0 aromatic carbocycles. The van der Waals surface area contributed by atoms with E-state index in [1.807, 2.05) is 0 Å². The van der Waals surface area contributed by atoms with Crippen LogP contribution in [0.4, 0.5) is 0 Å². The van der Waals surface area contributed by atoms with Crippen molar-refractivity contribution in [1.29, 1.82) is 0 Å². The summed E-state index contributed by atoms with van der Waals surface area (Å²) in [6.45, 7) is 3.26. The molecule has 0 aromatic heterocycles. The van der Waals surface area contributed by atoms with Gasteiger partial charge in [-0.2, -0.15) is 0 Å². The van der Waals surface area contributed by atoms with Crippen molar-refractivity contribution in [2.24, 2.45) is 17.4 Å². The molecule has 0 saturated heterocycles. The van der Waals surface area contributed by atoms with Gasteiger partial charge in [-0.15, -0.1) is 0 Å². The summed E-state index contributed by atoms with van der Waals surface area (Å²) in [7, 11) is 0. The van der Waals surface area contributed by atoms with Crippen molar-refractivity contribution in [2.75, 3.05) is 0 Å². The normalized spacial score (nSPS) is 14.2. The van der Waals surface area contributed by atoms with Crippen LogP contribution in [-0.2, 0) is 24.0 Å². The Balaban J connectivity index is 4.92. The summed E-state index contributed by atoms with van der Waals surface area (Å²) in [5.41, 5.74) is 10.6. The van der Waals surface area contributed by atoms with Crippen molar-refractivity contribution in [3.63, 3.8) is 0 Å². The van der Waals surface area contributed by atoms with Gasteiger partial charge in [0.2, 0.25) is 17.7 Å². The lowest BCUT2D eigenvalue weighted by atomic mass is 10.0. The Morgan fingerprint density at radius 1 is 0.923 bits per heavy atom. The summed E-state index contributed by atoms with van der Waals surface area (Å²) in [5, 5.41) is 22.4. The monoisotopic (exact) mass is 374 g/mol. The van der Waals surface area contributed by atoms with E-state index >= 15 is 0 Å². The Morgan fingerprint density at radius 3 is 1.92 bits per heavy atom. The van der Waals surface area contributed by atoms with Crippen molar-refractivity contribution >= 4 is 29.7 Å². The molecule has 0 aliphatic carbocycles. The molecule has 11 nitrogen and oxygen atoms in total. The van der Waals surface area contributed by atoms with Crippen LogP contribution < -0.4 is 22.1 Å². The SMILES string of the molecule is CC(C)C(NC(=O)C(N)CCC(N)=O)C(=O)NC(CCC(=O)O)C(=O)O. The molecule has 8 N–H and O–H groups in total. The largest absolute Gasteiger partial charge is 0.481 e. The first kappa shape index (κ1) is 23.3. The van der Waals surface area contributed by atoms with Crippen LogP contribution in [0, 0.1) is 5.92 Å². The van der Waals surface area contributed by atoms with Crippen molar-refractivity contribution < 1.29 is 34.2 Å². The minimum absolute atomic E-state index is 0.00393. The van der Waals surface area contributed by atoms with Crippen molar-refractivity contribution in [1.82, 2.24) is 10.6 Å². The molecule has 3 atom stereocenters. The number of hydrogen-bond donors (Lipinski definition) is 6. The van der Waals surface area contributed by atoms with Crippen molar-refractivity contribution in [2.45, 2.75) is 57.7 Å². The van der Waals surface area contributed by atoms with Gasteiger partial charge in [0, 0.05) is 12.8 Å². The average molecular weight is 374 g/mol. The molecule has 11 heteroatoms. The van der Waals surface area contributed by atoms with E-state index in [1.54, 1.807) is 13.8 Å². The molecule has 3 unspecified atom stereocenters. The molecule has 0 radical (unpaired) electrons. The molecule has 148 valence electrons. The zero-order chi connectivity index (χ0) is 20.4. The van der Waals surface area contributed by atoms with Gasteiger partial charge < -0.3 is 32.3 Å². The lowest BCUT2D eigenvalue weighted by molar-refractivity contribution is -0.143. The predicted octanol–water partition coefficient (Wildman–Crippen LogP) is -1.85. The van der Waals surface area contributed by atoms with Gasteiger partial charge in [0.25, 0.3) is 0 Å². The van der Waals surface area contributed by atoms with Crippen LogP contribution in [-0.4, -0.2) is 58.0 Å². The van der Waals surface area contributed by atoms with Gasteiger partial charge in [-0.1, -0.05) is 13.8 Å². The van der Waals surface area contributed by atoms with Gasteiger partial charge >= 0.3 is 11.9 Å². The van der Waals surface area contributed by atoms with Crippen LogP contribution in [0.25, 0.3) is 0 Å². The molecule has 0 spiro atoms. The highest BCUT2D eigenvalue weighted by molar-refractivity contribution is 5.92. The van der Waals surface area contributed by atoms with Crippen LogP contribution >= 0.6 is 0 Å². The molecule has 0 fully saturated rings. The second-order valence-electron chi connectivity index (χ2n) is 6.17. The highest BCUT2D eigenvalue weighted by Gasteiger charge is 2.30. The minimum atomic E-state index is -1.40. The van der Waals surface area contributed by atoms with Gasteiger partial charge in [-0.3, -0.25) is 19.2 Å². The van der Waals surface area contributed by atoms with Crippen LogP contribution in [0.2, 0.25) is 0 Å². The van der Waals surface area contributed by atoms with Gasteiger partial charge in [-0.05, 0) is 18.8 Å². The lowest BCUT2D eigenvalue weighted by Crippen LogP contribution is -2.56. The first-order valence-corrected chi connectivity index (χ1v) is 8.04. The predicted molar refractivity (Wildman–Crippen MR) is 89.6 cm³/mol. The molecular formula is C15H26N4O7. The standard InChI is InChI=1S/C15H26N4O7/c1-7(2)12(19-13(23)8(16)3-5-10(17)20)14(24)18-9(15(25)26)4-6-11(21)22/h7-9,12H,3-6,16H2,1-2H3,(H2,17,20)(H,18,24)(H,19,23)(H,21,22)(H,25,26). The van der Waals surface area contributed by atoms with Crippen LogP contribution in [0.1, 0.15) is 39.5 Å². The van der Waals surface area contributed by atoms with Crippen LogP contribution in [0.5, 0.6) is 0 Å². The molecule has 0 aromatic rings. The Kier molecular flexibility index (Phi) is 9.89. The van der Waals surface area contributed by atoms with Gasteiger partial charge in [0.05, 0.1) is 6.04 Å². The summed E-state index contributed by atoms with van der Waals surface area (Å²) in [6.07, 6.45) is -0.825. The number of carboxylic acid groups (broad SMARTS) is 2. The fourth-order valence-electron chi connectivity index (χ4n) is 2.01. The number of nitrogens with one attached hydrogen (secondary N) is 2. The van der Waals surface area contributed by atoms with E-state index in [4.69, 9.17) is 21.7 Å². The maximum absolute atomic E-state index is 12.3. The van der Waals surface area contributed by atoms with Crippen LogP contribution in [0.15, 0.2) is 0 Å². The number of carbonyl (C=O) groups is 5. The summed E-state index contributed by atoms with van der Waals surface area (Å²) < 4.78 is 0. The van der Waals surface area contributed by atoms with E-state index in [1.165, 1.54) is 0 Å². The maximum atomic E-state index is 12.3. The summed E-state index contributed by atoms with van der Waals surface area (Å²) in [5.74, 6) is -5.04. The zero-order valence-corrected chi connectivity index (χ0v) is 14.7. The van der Waals surface area contributed by atoms with Crippen molar-refractivity contribution in [3.05, 3.63) is 0 Å². The minimum Gasteiger partial charge on any atom is -0.481 e. The molecule has 3 amide bonds. The Morgan fingerprint density at radius 2 is 1.50 bits per heavy atom. The third-order valence-corrected chi connectivity index (χ3v) is 3.55. The zero-order valence-electron chi connectivity index (χ0n) is 14.7. The van der Waals surface area contributed by atoms with Gasteiger partial charge in [0.15, 0.2) is 0 Å². The van der Waals surface area contributed by atoms with Crippen LogP contribution in [0.3, 0.4) is 0 Å². The Hall–Kier alpha value is -2.69. The molecular weight excluding hydrogens is 348 g/mol. The summed E-state index contributed by atoms with van der Waals surface area (Å²) in [4.78, 5) is 56.8. The fourth-order valence-corrected chi connectivity index (χ4v) is 2.01. The van der Waals surface area contributed by atoms with E-state index in [0.717, 1.165) is 0 Å². The third kappa shape index (κ3) is 8.97. The van der Waals surface area contributed by atoms with E-state index in [9.17, 15) is 24.0 Å². The number of hydrogen-bond acceptors (Lipinski definition) is 6. The Labute approximate surface area is 150 Å². The second kappa shape index (κ2) is 11.0. The number of rotatable bonds is 12. The van der Waals surface area contributed by atoms with E-state index in [2.05, 4.69) is 10.6 Å². The van der Waals surface area contributed by atoms with Crippen molar-refractivity contribution in [3.8, 4) is 0 Å². The summed E-state index contributed by atoms with van der Waals surface area (Å²) in [6, 6.07) is -3.53. The smallest absolute Gasteiger partial charge is 0.326 e. The molecule has 0 aliphatic rings. The molecule has 0 rings (SSSR count). The maximum Gasteiger partial charge on any atom is 0.326 e. The highest BCUT2D eigenvalue weighted by Crippen LogP contribution is 2.06. The van der Waals surface area contributed by atoms with E-state index in [0.29, 0.717) is 0 Å². The van der Waals surface area contributed by atoms with Gasteiger partial charge in [0.1, 0.15) is 12.1 Å². The number of primary amides is 1. The lowest BCUT2D eigenvalue weighted by Gasteiger charge is -2.25. The molecule has 0 heterocycles. The highest BCUT2D eigenvalue weighted by atomic mass is 16.4. The first-order chi connectivity index (χ1) is 12.0. The molecule has 0 aliphatic heterocycles. The number of aliphatic carboxylic acids is 2. The molecule has 26 heavy (non-hydrogen) atoms. The van der Waals surface area contributed by atoms with E-state index < -0.39 is 60.1 Å². The number of carboxylic acids is 2.